The fourth-order valence-electron chi connectivity index (χ4n) is 6.12. The van der Waals surface area contributed by atoms with Crippen molar-refractivity contribution in [1.82, 2.24) is 4.98 Å². The van der Waals surface area contributed by atoms with Crippen molar-refractivity contribution < 1.29 is 34.4 Å². The van der Waals surface area contributed by atoms with Crippen molar-refractivity contribution in [2.75, 3.05) is 0 Å². The van der Waals surface area contributed by atoms with Gasteiger partial charge in [-0.1, -0.05) is 109 Å². The van der Waals surface area contributed by atoms with E-state index in [2.05, 4.69) is 62.4 Å². The number of benzene rings is 3. The first kappa shape index (κ1) is 33.6. The van der Waals surface area contributed by atoms with E-state index >= 15 is 0 Å². The molecule has 0 saturated heterocycles. The maximum absolute atomic E-state index is 12.2. The van der Waals surface area contributed by atoms with E-state index in [4.69, 9.17) is 9.40 Å². The van der Waals surface area contributed by atoms with E-state index in [9.17, 15) is 9.90 Å². The van der Waals surface area contributed by atoms with Crippen LogP contribution in [0.25, 0.3) is 44.1 Å². The van der Waals surface area contributed by atoms with Crippen LogP contribution in [0.3, 0.4) is 0 Å². The molecule has 0 bridgehead atoms. The fraction of sp³-hybridized carbons (Fsp3) is 0.385. The van der Waals surface area contributed by atoms with Crippen LogP contribution in [-0.2, 0) is 30.3 Å². The number of aromatic nitrogens is 1. The molecule has 0 amide bonds. The number of hydrogen-bond donors (Lipinski definition) is 1. The van der Waals surface area contributed by atoms with Crippen LogP contribution < -0.4 is 0 Å². The Morgan fingerprint density at radius 1 is 0.886 bits per heavy atom. The minimum absolute atomic E-state index is 0. The zero-order valence-electron chi connectivity index (χ0n) is 27.2. The third-order valence-electron chi connectivity index (χ3n) is 10.4. The van der Waals surface area contributed by atoms with Gasteiger partial charge in [0.15, 0.2) is 5.78 Å². The topological polar surface area (TPSA) is 63.3 Å². The van der Waals surface area contributed by atoms with Gasteiger partial charge < -0.3 is 9.52 Å². The van der Waals surface area contributed by atoms with Gasteiger partial charge in [-0.2, -0.15) is 0 Å². The standard InChI is InChI=1S/C24H16NO.C15H28O2.Ir/c1-24(2)16-9-6-12-20-22(16)21-15(8-5-11-19(21)26-20)23-17(24)13-14-7-3-4-10-18(14)25-23;1-7-14(5,8-2)12(16)11-13(17)15(6,9-3)10-4;/h3-7,9-13H,1-2H3;11,16H,7-10H2,1-6H3;/q-1;;/b;12-11-;. The molecule has 0 unspecified atom stereocenters. The molecule has 5 aromatic rings. The summed E-state index contributed by atoms with van der Waals surface area (Å²) in [4.78, 5) is 17.3. The number of aliphatic hydroxyl groups excluding tert-OH is 1. The van der Waals surface area contributed by atoms with Crippen molar-refractivity contribution >= 4 is 38.6 Å². The van der Waals surface area contributed by atoms with Crippen molar-refractivity contribution in [2.45, 2.75) is 86.5 Å². The average molecular weight is 767 g/mol. The zero-order chi connectivity index (χ0) is 31.2. The van der Waals surface area contributed by atoms with Gasteiger partial charge in [0.1, 0.15) is 11.3 Å². The molecule has 1 aliphatic carbocycles. The first-order valence-electron chi connectivity index (χ1n) is 15.7. The second-order valence-electron chi connectivity index (χ2n) is 13.0. The Labute approximate surface area is 275 Å². The molecule has 0 fully saturated rings. The quantitative estimate of drug-likeness (QED) is 0.102. The van der Waals surface area contributed by atoms with Crippen LogP contribution >= 0.6 is 0 Å². The number of hydrogen-bond acceptors (Lipinski definition) is 4. The van der Waals surface area contributed by atoms with Crippen molar-refractivity contribution in [1.29, 1.82) is 0 Å². The molecule has 3 aromatic carbocycles. The average Bonchev–Trinajstić information content (AvgIpc) is 3.39. The number of nitrogens with zero attached hydrogens (tertiary/aromatic N) is 1. The molecule has 2 aromatic heterocycles. The molecule has 5 heteroatoms. The molecule has 0 atom stereocenters. The van der Waals surface area contributed by atoms with Crippen LogP contribution in [0, 0.1) is 16.9 Å². The third kappa shape index (κ3) is 5.54. The summed E-state index contributed by atoms with van der Waals surface area (Å²) in [6.45, 7) is 16.6. The van der Waals surface area contributed by atoms with Gasteiger partial charge in [-0.05, 0) is 59.8 Å². The van der Waals surface area contributed by atoms with Crippen LogP contribution in [0.4, 0.5) is 0 Å². The molecule has 6 rings (SSSR count). The molecule has 4 nitrogen and oxygen atoms in total. The summed E-state index contributed by atoms with van der Waals surface area (Å²) in [5, 5.41) is 13.6. The first-order valence-corrected chi connectivity index (χ1v) is 15.7. The van der Waals surface area contributed by atoms with E-state index in [1.54, 1.807) is 0 Å². The fourth-order valence-corrected chi connectivity index (χ4v) is 6.12. The molecule has 1 N–H and O–H groups in total. The molecule has 233 valence electrons. The number of fused-ring (bicyclic) bond motifs is 3. The molecule has 0 spiro atoms. The van der Waals surface area contributed by atoms with Gasteiger partial charge in [-0.15, -0.1) is 17.7 Å². The molecule has 1 aliphatic rings. The predicted octanol–water partition coefficient (Wildman–Crippen LogP) is 10.9. The third-order valence-corrected chi connectivity index (χ3v) is 10.4. The predicted molar refractivity (Wildman–Crippen MR) is 179 cm³/mol. The largest absolute Gasteiger partial charge is 0.512 e. The number of allylic oxidation sites excluding steroid dienone is 2. The van der Waals surface area contributed by atoms with E-state index in [-0.39, 0.29) is 47.9 Å². The summed E-state index contributed by atoms with van der Waals surface area (Å²) in [6, 6.07) is 24.4. The van der Waals surface area contributed by atoms with Crippen LogP contribution in [0.15, 0.2) is 76.9 Å². The number of para-hydroxylation sites is 1. The van der Waals surface area contributed by atoms with E-state index in [1.807, 2.05) is 59.7 Å². The molecule has 44 heavy (non-hydrogen) atoms. The minimum atomic E-state index is -0.337. The molecule has 1 radical (unpaired) electrons. The number of carbonyl (C=O) groups excluding carboxylic acids is 1. The van der Waals surface area contributed by atoms with Crippen LogP contribution in [0.1, 0.15) is 92.2 Å². The van der Waals surface area contributed by atoms with E-state index in [0.29, 0.717) is 0 Å². The number of pyridine rings is 1. The summed E-state index contributed by atoms with van der Waals surface area (Å²) >= 11 is 0. The Kier molecular flexibility index (Phi) is 9.64. The van der Waals surface area contributed by atoms with Crippen molar-refractivity contribution in [3.8, 4) is 11.3 Å². The monoisotopic (exact) mass is 767 g/mol. The van der Waals surface area contributed by atoms with Gasteiger partial charge >= 0.3 is 0 Å². The summed E-state index contributed by atoms with van der Waals surface area (Å²) in [7, 11) is 0. The molecule has 0 aliphatic heterocycles. The summed E-state index contributed by atoms with van der Waals surface area (Å²) in [5.74, 6) is 0.286. The summed E-state index contributed by atoms with van der Waals surface area (Å²) in [6.07, 6.45) is 4.75. The van der Waals surface area contributed by atoms with Gasteiger partial charge in [0.2, 0.25) is 0 Å². The van der Waals surface area contributed by atoms with E-state index in [0.717, 1.165) is 59.0 Å². The Balaban J connectivity index is 0.000000218. The number of rotatable bonds is 7. The Hall–Kier alpha value is -3.27. The van der Waals surface area contributed by atoms with Crippen molar-refractivity contribution in [3.63, 3.8) is 0 Å². The van der Waals surface area contributed by atoms with Crippen LogP contribution in [0.2, 0.25) is 0 Å². The Morgan fingerprint density at radius 3 is 2.18 bits per heavy atom. The van der Waals surface area contributed by atoms with Crippen LogP contribution in [0.5, 0.6) is 0 Å². The second-order valence-corrected chi connectivity index (χ2v) is 13.0. The minimum Gasteiger partial charge on any atom is -0.512 e. The smallest absolute Gasteiger partial charge is 0.164 e. The molecule has 0 saturated carbocycles. The van der Waals surface area contributed by atoms with E-state index in [1.165, 1.54) is 28.0 Å². The number of aliphatic hydroxyl groups is 1. The maximum Gasteiger partial charge on any atom is 0.164 e. The Bertz CT molecular complexity index is 1850. The van der Waals surface area contributed by atoms with Crippen LogP contribution in [-0.4, -0.2) is 15.9 Å². The molecular formula is C39H44IrNO3-. The summed E-state index contributed by atoms with van der Waals surface area (Å²) < 4.78 is 6.16. The first-order chi connectivity index (χ1) is 20.4. The van der Waals surface area contributed by atoms with Crippen molar-refractivity contribution in [3.05, 3.63) is 89.7 Å². The Morgan fingerprint density at radius 2 is 1.52 bits per heavy atom. The zero-order valence-corrected chi connectivity index (χ0v) is 29.6. The van der Waals surface area contributed by atoms with Gasteiger partial charge in [0.05, 0.1) is 11.1 Å². The number of ketones is 1. The maximum atomic E-state index is 12.2. The van der Waals surface area contributed by atoms with Gasteiger partial charge in [-0.3, -0.25) is 9.78 Å². The van der Waals surface area contributed by atoms with E-state index < -0.39 is 0 Å². The van der Waals surface area contributed by atoms with Gasteiger partial charge in [-0.25, -0.2) is 0 Å². The molecule has 2 heterocycles. The van der Waals surface area contributed by atoms with Crippen molar-refractivity contribution in [2.24, 2.45) is 10.8 Å². The van der Waals surface area contributed by atoms with Gasteiger partial charge in [0.25, 0.3) is 0 Å². The SMILES string of the molecule is CC1(C)c2cc3ccccc3nc2-c2[c-]ccc3oc4cccc1c4c23.CCC(C)(CC)C(=O)/C=C(\O)C(C)(CC)CC.[Ir]. The molecular weight excluding hydrogens is 723 g/mol. The number of furan rings is 1. The normalized spacial score (nSPS) is 14.1. The second kappa shape index (κ2) is 12.6. The van der Waals surface area contributed by atoms with Gasteiger partial charge in [0, 0.05) is 42.4 Å². The number of carbonyl (C=O) groups is 1. The summed E-state index contributed by atoms with van der Waals surface area (Å²) in [5.41, 5.74) is 6.64.